The maximum absolute atomic E-state index is 6.11. The minimum Gasteiger partial charge on any atom is -0.289 e. The predicted octanol–water partition coefficient (Wildman–Crippen LogP) is 6.56. The van der Waals surface area contributed by atoms with Crippen molar-refractivity contribution in [3.63, 3.8) is 0 Å². The zero-order chi connectivity index (χ0) is 18.8. The summed E-state index contributed by atoms with van der Waals surface area (Å²) in [6.45, 7) is 3.17. The lowest BCUT2D eigenvalue weighted by atomic mass is 9.87. The highest BCUT2D eigenvalue weighted by Crippen LogP contribution is 2.43. The summed E-state index contributed by atoms with van der Waals surface area (Å²) in [6, 6.07) is 16.6. The van der Waals surface area contributed by atoms with Gasteiger partial charge >= 0.3 is 0 Å². The van der Waals surface area contributed by atoms with Crippen molar-refractivity contribution >= 4 is 46.8 Å². The standard InChI is InChI=1S/C22H22Cl2N2S/c1-2-11-26-22(16-5-9-19(24)10-6-16)20-14-27-13-17(21(20)25-26)12-15-3-7-18(23)8-4-15/h3-10,12,20,22H,2,11,13-14H2,1H3. The van der Waals surface area contributed by atoms with E-state index in [1.807, 2.05) is 36.0 Å². The Balaban J connectivity index is 1.68. The van der Waals surface area contributed by atoms with E-state index in [1.165, 1.54) is 22.4 Å². The SMILES string of the molecule is CCCN1N=C2C(=Cc3ccc(Cl)cc3)CSCC2C1c1ccc(Cl)cc1. The van der Waals surface area contributed by atoms with Crippen LogP contribution in [0.25, 0.3) is 6.08 Å². The summed E-state index contributed by atoms with van der Waals surface area (Å²) in [6.07, 6.45) is 3.35. The van der Waals surface area contributed by atoms with E-state index in [1.54, 1.807) is 0 Å². The van der Waals surface area contributed by atoms with Crippen LogP contribution < -0.4 is 0 Å². The van der Waals surface area contributed by atoms with E-state index >= 15 is 0 Å². The van der Waals surface area contributed by atoms with Crippen LogP contribution >= 0.6 is 35.0 Å². The Labute approximate surface area is 175 Å². The zero-order valence-electron chi connectivity index (χ0n) is 15.2. The molecule has 5 heteroatoms. The highest BCUT2D eigenvalue weighted by Gasteiger charge is 2.41. The molecule has 1 saturated heterocycles. The van der Waals surface area contributed by atoms with Gasteiger partial charge in [0, 0.05) is 34.0 Å². The van der Waals surface area contributed by atoms with E-state index in [2.05, 4.69) is 42.3 Å². The van der Waals surface area contributed by atoms with Gasteiger partial charge in [0.2, 0.25) is 0 Å². The van der Waals surface area contributed by atoms with E-state index in [9.17, 15) is 0 Å². The second-order valence-corrected chi connectivity index (χ2v) is 8.89. The van der Waals surface area contributed by atoms with Crippen LogP contribution in [-0.4, -0.2) is 28.8 Å². The Kier molecular flexibility index (Phi) is 5.82. The van der Waals surface area contributed by atoms with Crippen LogP contribution in [-0.2, 0) is 0 Å². The van der Waals surface area contributed by atoms with Crippen LogP contribution in [0.5, 0.6) is 0 Å². The summed E-state index contributed by atoms with van der Waals surface area (Å²) >= 11 is 14.1. The Morgan fingerprint density at radius 2 is 1.74 bits per heavy atom. The van der Waals surface area contributed by atoms with Gasteiger partial charge in [-0.2, -0.15) is 16.9 Å². The van der Waals surface area contributed by atoms with Gasteiger partial charge in [-0.15, -0.1) is 0 Å². The highest BCUT2D eigenvalue weighted by atomic mass is 35.5. The Hall–Kier alpha value is -1.42. The third-order valence-electron chi connectivity index (χ3n) is 5.05. The van der Waals surface area contributed by atoms with E-state index in [4.69, 9.17) is 28.3 Å². The maximum Gasteiger partial charge on any atom is 0.0812 e. The summed E-state index contributed by atoms with van der Waals surface area (Å²) in [5, 5.41) is 8.91. The number of benzene rings is 2. The highest BCUT2D eigenvalue weighted by molar-refractivity contribution is 7.99. The van der Waals surface area contributed by atoms with Gasteiger partial charge < -0.3 is 0 Å². The van der Waals surface area contributed by atoms with Crippen molar-refractivity contribution in [1.82, 2.24) is 5.01 Å². The number of rotatable bonds is 4. The number of hydrogen-bond donors (Lipinski definition) is 0. The molecule has 0 amide bonds. The van der Waals surface area contributed by atoms with Crippen LogP contribution in [0.2, 0.25) is 10.0 Å². The molecule has 2 unspecified atom stereocenters. The minimum atomic E-state index is 0.290. The molecule has 0 bridgehead atoms. The third kappa shape index (κ3) is 4.06. The van der Waals surface area contributed by atoms with Crippen molar-refractivity contribution in [3.05, 3.63) is 75.3 Å². The van der Waals surface area contributed by atoms with E-state index in [-0.39, 0.29) is 0 Å². The quantitative estimate of drug-likeness (QED) is 0.560. The van der Waals surface area contributed by atoms with Crippen molar-refractivity contribution in [3.8, 4) is 0 Å². The van der Waals surface area contributed by atoms with Gasteiger partial charge in [-0.1, -0.05) is 54.4 Å². The van der Waals surface area contributed by atoms with Crippen LogP contribution in [0.4, 0.5) is 0 Å². The maximum atomic E-state index is 6.11. The van der Waals surface area contributed by atoms with E-state index < -0.39 is 0 Å². The van der Waals surface area contributed by atoms with Crippen LogP contribution in [0.3, 0.4) is 0 Å². The molecule has 0 spiro atoms. The largest absolute Gasteiger partial charge is 0.289 e. The summed E-state index contributed by atoms with van der Waals surface area (Å²) in [5.74, 6) is 2.52. The fraction of sp³-hybridized carbons (Fsp3) is 0.318. The second kappa shape index (κ2) is 8.30. The van der Waals surface area contributed by atoms with Crippen LogP contribution in [0, 0.1) is 5.92 Å². The molecule has 2 aliphatic heterocycles. The first-order valence-electron chi connectivity index (χ1n) is 9.30. The van der Waals surface area contributed by atoms with Gasteiger partial charge in [-0.25, -0.2) is 0 Å². The summed E-state index contributed by atoms with van der Waals surface area (Å²) in [4.78, 5) is 0. The number of thioether (sulfide) groups is 1. The van der Waals surface area contributed by atoms with Crippen molar-refractivity contribution in [2.24, 2.45) is 11.0 Å². The van der Waals surface area contributed by atoms with Gasteiger partial charge in [0.1, 0.15) is 0 Å². The number of hydrogen-bond acceptors (Lipinski definition) is 3. The number of halogens is 2. The van der Waals surface area contributed by atoms with Gasteiger partial charge in [0.15, 0.2) is 0 Å². The van der Waals surface area contributed by atoms with Crippen molar-refractivity contribution in [2.45, 2.75) is 19.4 Å². The van der Waals surface area contributed by atoms with Crippen LogP contribution in [0.1, 0.15) is 30.5 Å². The molecule has 0 saturated carbocycles. The first-order chi connectivity index (χ1) is 13.2. The smallest absolute Gasteiger partial charge is 0.0812 e. The molecule has 2 atom stereocenters. The van der Waals surface area contributed by atoms with Crippen LogP contribution in [0.15, 0.2) is 59.2 Å². The molecule has 4 rings (SSSR count). The Bertz CT molecular complexity index is 859. The fourth-order valence-corrected chi connectivity index (χ4v) is 5.25. The van der Waals surface area contributed by atoms with Gasteiger partial charge in [0.05, 0.1) is 11.8 Å². The lowest BCUT2D eigenvalue weighted by molar-refractivity contribution is 0.209. The summed E-state index contributed by atoms with van der Waals surface area (Å²) in [5.41, 5.74) is 5.05. The molecular weight excluding hydrogens is 395 g/mol. The van der Waals surface area contributed by atoms with Gasteiger partial charge in [-0.3, -0.25) is 5.01 Å². The average Bonchev–Trinajstić information content (AvgIpc) is 3.04. The van der Waals surface area contributed by atoms with Gasteiger partial charge in [0.25, 0.3) is 0 Å². The van der Waals surface area contributed by atoms with Crippen molar-refractivity contribution < 1.29 is 0 Å². The molecule has 140 valence electrons. The minimum absolute atomic E-state index is 0.290. The van der Waals surface area contributed by atoms with Gasteiger partial charge in [-0.05, 0) is 53.5 Å². The predicted molar refractivity (Wildman–Crippen MR) is 119 cm³/mol. The molecule has 2 aromatic carbocycles. The monoisotopic (exact) mass is 416 g/mol. The fourth-order valence-electron chi connectivity index (χ4n) is 3.83. The second-order valence-electron chi connectivity index (χ2n) is 6.99. The number of nitrogens with zero attached hydrogens (tertiary/aromatic N) is 2. The third-order valence-corrected chi connectivity index (χ3v) is 6.66. The van der Waals surface area contributed by atoms with E-state index in [0.717, 1.165) is 34.5 Å². The molecule has 0 N–H and O–H groups in total. The molecule has 0 aliphatic carbocycles. The lowest BCUT2D eigenvalue weighted by Gasteiger charge is -2.30. The Morgan fingerprint density at radius 3 is 2.41 bits per heavy atom. The average molecular weight is 417 g/mol. The molecule has 2 aliphatic rings. The molecule has 0 aromatic heterocycles. The number of fused-ring (bicyclic) bond motifs is 1. The summed E-state index contributed by atoms with van der Waals surface area (Å²) < 4.78 is 0. The molecule has 0 radical (unpaired) electrons. The zero-order valence-corrected chi connectivity index (χ0v) is 17.6. The van der Waals surface area contributed by atoms with Crippen molar-refractivity contribution in [2.75, 3.05) is 18.1 Å². The molecular formula is C22H22Cl2N2S. The molecule has 2 heterocycles. The first kappa shape index (κ1) is 18.9. The molecule has 1 fully saturated rings. The molecule has 2 nitrogen and oxygen atoms in total. The topological polar surface area (TPSA) is 15.6 Å². The first-order valence-corrected chi connectivity index (χ1v) is 11.2. The Morgan fingerprint density at radius 1 is 1.07 bits per heavy atom. The molecule has 27 heavy (non-hydrogen) atoms. The van der Waals surface area contributed by atoms with Crippen molar-refractivity contribution in [1.29, 1.82) is 0 Å². The number of hydrazone groups is 1. The van der Waals surface area contributed by atoms with E-state index in [0.29, 0.717) is 12.0 Å². The lowest BCUT2D eigenvalue weighted by Crippen LogP contribution is -2.30. The molecule has 2 aromatic rings. The normalized spacial score (nSPS) is 23.4. The summed E-state index contributed by atoms with van der Waals surface area (Å²) in [7, 11) is 0.